The highest BCUT2D eigenvalue weighted by Gasteiger charge is 2.39. The maximum atomic E-state index is 14.5. The van der Waals surface area contributed by atoms with Gasteiger partial charge in [0.05, 0.1) is 40.3 Å². The van der Waals surface area contributed by atoms with Crippen LogP contribution in [0.25, 0.3) is 10.9 Å². The summed E-state index contributed by atoms with van der Waals surface area (Å²) in [5.41, 5.74) is 7.76. The molecule has 0 radical (unpaired) electrons. The lowest BCUT2D eigenvalue weighted by molar-refractivity contribution is -0.138. The number of halogens is 1. The zero-order valence-electron chi connectivity index (χ0n) is 39.8. The van der Waals surface area contributed by atoms with Crippen molar-refractivity contribution in [2.45, 2.75) is 77.2 Å². The lowest BCUT2D eigenvalue weighted by Gasteiger charge is -2.46. The number of anilines is 6. The minimum Gasteiger partial charge on any atom is -0.494 e. The zero-order chi connectivity index (χ0) is 47.8. The van der Waals surface area contributed by atoms with Crippen LogP contribution in [0, 0.1) is 5.92 Å². The van der Waals surface area contributed by atoms with Crippen molar-refractivity contribution in [3.05, 3.63) is 88.2 Å². The summed E-state index contributed by atoms with van der Waals surface area (Å²) >= 11 is 3.68. The van der Waals surface area contributed by atoms with E-state index in [0.29, 0.717) is 66.3 Å². The Kier molecular flexibility index (Phi) is 13.7. The van der Waals surface area contributed by atoms with E-state index < -0.39 is 7.14 Å². The van der Waals surface area contributed by atoms with Crippen molar-refractivity contribution in [1.29, 1.82) is 0 Å². The zero-order valence-corrected chi connectivity index (χ0v) is 42.3. The number of hydrogen-bond donors (Lipinski definition) is 3. The van der Waals surface area contributed by atoms with E-state index in [2.05, 4.69) is 88.5 Å². The Morgan fingerprint density at radius 1 is 0.870 bits per heavy atom. The van der Waals surface area contributed by atoms with Gasteiger partial charge in [0, 0.05) is 117 Å². The number of piperazine rings is 1. The van der Waals surface area contributed by atoms with Crippen LogP contribution in [0.5, 0.6) is 5.75 Å². The van der Waals surface area contributed by atoms with E-state index in [4.69, 9.17) is 14.7 Å². The van der Waals surface area contributed by atoms with Gasteiger partial charge in [0.25, 0.3) is 0 Å². The number of rotatable bonds is 13. The summed E-state index contributed by atoms with van der Waals surface area (Å²) in [7, 11) is -0.953. The van der Waals surface area contributed by atoms with Crippen LogP contribution in [0.4, 0.5) is 34.5 Å². The van der Waals surface area contributed by atoms with Crippen LogP contribution in [0.15, 0.2) is 71.3 Å². The van der Waals surface area contributed by atoms with Gasteiger partial charge in [-0.25, -0.2) is 4.98 Å². The third-order valence-electron chi connectivity index (χ3n) is 15.0. The van der Waals surface area contributed by atoms with Gasteiger partial charge in [0.15, 0.2) is 0 Å². The molecule has 69 heavy (non-hydrogen) atoms. The van der Waals surface area contributed by atoms with E-state index >= 15 is 0 Å². The van der Waals surface area contributed by atoms with Gasteiger partial charge in [0.1, 0.15) is 18.7 Å². The molecule has 362 valence electrons. The monoisotopic (exact) mass is 1020 g/mol. The summed E-state index contributed by atoms with van der Waals surface area (Å²) in [5.74, 6) is 1.13. The van der Waals surface area contributed by atoms with E-state index in [0.717, 1.165) is 122 Å². The number of carbonyl (C=O) groups excluding carboxylic acids is 3. The molecule has 3 amide bonds. The molecule has 5 aromatic rings. The van der Waals surface area contributed by atoms with E-state index in [9.17, 15) is 18.9 Å². The first-order chi connectivity index (χ1) is 33.5. The Bertz CT molecular complexity index is 2810. The van der Waals surface area contributed by atoms with Gasteiger partial charge < -0.3 is 34.6 Å². The van der Waals surface area contributed by atoms with E-state index in [1.165, 1.54) is 11.3 Å². The number of aromatic nitrogens is 3. The Labute approximate surface area is 412 Å². The smallest absolute Gasteiger partial charge is 0.234 e. The van der Waals surface area contributed by atoms with Crippen LogP contribution in [-0.4, -0.2) is 120 Å². The fourth-order valence-corrected chi connectivity index (χ4v) is 14.7. The van der Waals surface area contributed by atoms with Gasteiger partial charge in [-0.2, -0.15) is 4.98 Å². The average molecular weight is 1020 g/mol. The molecule has 0 aliphatic carbocycles. The largest absolute Gasteiger partial charge is 0.494 e. The van der Waals surface area contributed by atoms with Gasteiger partial charge in [-0.3, -0.25) is 29.6 Å². The number of ether oxygens (including phenoxy) is 1. The standard InChI is InChI=1S/C52H62BrN10O5P/c1-4-33-28-44(57-52-54-30-41(53)49(59-52)56-43-15-14-42-40(12-11-36(5-2)55-42)48(43)69(67)25-6-7-26-69)46(68-3)29-45(33)61-19-17-37(18-20-61)60-21-23-62(24-22-60)51(66)35-31-63(32-35)38-10-8-9-34(27-38)39-13-16-47(64)58-50(39)65/h8-12,14-15,27-30,35,37,39H,4-7,13,16-26,31-32H2,1-3H3,(H,58,64,65)(H2,54,56,57,59). The molecule has 1 atom stereocenters. The number of hydrogen-bond acceptors (Lipinski definition) is 13. The lowest BCUT2D eigenvalue weighted by atomic mass is 9.89. The van der Waals surface area contributed by atoms with Gasteiger partial charge in [-0.1, -0.05) is 32.0 Å². The summed E-state index contributed by atoms with van der Waals surface area (Å²) in [6.45, 7) is 10.7. The number of nitrogens with zero attached hydrogens (tertiary/aromatic N) is 7. The van der Waals surface area contributed by atoms with Crippen molar-refractivity contribution >= 4 is 91.5 Å². The Morgan fingerprint density at radius 2 is 1.65 bits per heavy atom. The SMILES string of the molecule is CCc1ccc2c(P3(=O)CCCC3)c(Nc3nc(Nc4cc(CC)c(N5CCC(N6CCN(C(=O)C7CN(c8cccc(C9CCC(=O)NC9=O)c8)C7)CC6)CC5)cc4OC)ncc3Br)ccc2n1. The van der Waals surface area contributed by atoms with Crippen molar-refractivity contribution < 1.29 is 23.7 Å². The van der Waals surface area contributed by atoms with Crippen molar-refractivity contribution in [2.75, 3.05) is 92.2 Å². The molecular weight excluding hydrogens is 956 g/mol. The van der Waals surface area contributed by atoms with Crippen molar-refractivity contribution in [2.24, 2.45) is 5.92 Å². The predicted molar refractivity (Wildman–Crippen MR) is 277 cm³/mol. The van der Waals surface area contributed by atoms with Gasteiger partial charge in [-0.15, -0.1) is 0 Å². The number of methoxy groups -OCH3 is 1. The summed E-state index contributed by atoms with van der Waals surface area (Å²) in [4.78, 5) is 61.5. The molecule has 0 spiro atoms. The molecule has 5 aliphatic heterocycles. The number of fused-ring (bicyclic) bond motifs is 1. The highest BCUT2D eigenvalue weighted by Crippen LogP contribution is 2.54. The van der Waals surface area contributed by atoms with E-state index in [1.54, 1.807) is 13.3 Å². The van der Waals surface area contributed by atoms with Crippen molar-refractivity contribution in [1.82, 2.24) is 30.1 Å². The minimum atomic E-state index is -2.65. The van der Waals surface area contributed by atoms with Crippen molar-refractivity contribution in [3.8, 4) is 5.75 Å². The highest BCUT2D eigenvalue weighted by atomic mass is 79.9. The van der Waals surface area contributed by atoms with Gasteiger partial charge in [0.2, 0.25) is 23.7 Å². The van der Waals surface area contributed by atoms with Crippen LogP contribution in [0.2, 0.25) is 0 Å². The number of pyridine rings is 1. The maximum Gasteiger partial charge on any atom is 0.234 e. The second kappa shape index (κ2) is 20.0. The van der Waals surface area contributed by atoms with Gasteiger partial charge >= 0.3 is 0 Å². The van der Waals surface area contributed by atoms with Crippen LogP contribution in [-0.2, 0) is 31.8 Å². The molecule has 3 N–H and O–H groups in total. The molecule has 3 aromatic carbocycles. The molecule has 5 fully saturated rings. The molecule has 17 heteroatoms. The number of carbonyl (C=O) groups is 3. The van der Waals surface area contributed by atoms with E-state index in [-0.39, 0.29) is 29.6 Å². The second-order valence-corrected chi connectivity index (χ2v) is 23.2. The average Bonchev–Trinajstić information content (AvgIpc) is 3.81. The number of amides is 3. The third-order valence-corrected chi connectivity index (χ3v) is 19.0. The van der Waals surface area contributed by atoms with Crippen LogP contribution in [0.3, 0.4) is 0 Å². The fourth-order valence-electron chi connectivity index (χ4n) is 11.1. The first-order valence-corrected chi connectivity index (χ1v) is 27.6. The molecule has 7 heterocycles. The van der Waals surface area contributed by atoms with Crippen LogP contribution in [0.1, 0.15) is 75.1 Å². The quantitative estimate of drug-likeness (QED) is 0.0770. The lowest BCUT2D eigenvalue weighted by Crippen LogP contribution is -2.59. The second-order valence-electron chi connectivity index (χ2n) is 19.2. The molecule has 0 bridgehead atoms. The molecule has 2 aromatic heterocycles. The molecule has 5 saturated heterocycles. The maximum absolute atomic E-state index is 14.5. The summed E-state index contributed by atoms with van der Waals surface area (Å²) in [6, 6.07) is 20.9. The Hall–Kier alpha value is -5.57. The first-order valence-electron chi connectivity index (χ1n) is 24.8. The fraction of sp³-hybridized carbons (Fsp3) is 0.462. The molecular formula is C52H62BrN10O5P. The van der Waals surface area contributed by atoms with E-state index in [1.807, 2.05) is 42.5 Å². The molecule has 5 aliphatic rings. The number of benzene rings is 3. The molecule has 10 rings (SSSR count). The molecule has 0 saturated carbocycles. The number of imide groups is 1. The van der Waals surface area contributed by atoms with Crippen LogP contribution < -0.4 is 35.8 Å². The van der Waals surface area contributed by atoms with Crippen LogP contribution >= 0.6 is 23.1 Å². The normalized spacial score (nSPS) is 20.2. The third kappa shape index (κ3) is 9.68. The van der Waals surface area contributed by atoms with Crippen molar-refractivity contribution in [3.63, 3.8) is 0 Å². The number of nitrogens with one attached hydrogen (secondary N) is 3. The highest BCUT2D eigenvalue weighted by molar-refractivity contribution is 9.10. The van der Waals surface area contributed by atoms with Gasteiger partial charge in [-0.05, 0) is 108 Å². The summed E-state index contributed by atoms with van der Waals surface area (Å²) in [6.07, 6.45) is 9.67. The summed E-state index contributed by atoms with van der Waals surface area (Å²) in [5, 5.41) is 11.3. The first kappa shape index (κ1) is 47.1. The molecule has 1 unspecified atom stereocenters. The Morgan fingerprint density at radius 3 is 2.38 bits per heavy atom. The summed E-state index contributed by atoms with van der Waals surface area (Å²) < 4.78 is 21.2. The minimum absolute atomic E-state index is 0.0279. The topological polar surface area (TPSA) is 165 Å². The Balaban J connectivity index is 0.747. The number of aryl methyl sites for hydroxylation is 2. The molecule has 15 nitrogen and oxygen atoms in total. The predicted octanol–water partition coefficient (Wildman–Crippen LogP) is 7.96. The number of piperidine rings is 2.